The molecular weight excluding hydrogens is 560 g/mol. The van der Waals surface area contributed by atoms with Crippen molar-refractivity contribution in [2.45, 2.75) is 30.0 Å². The van der Waals surface area contributed by atoms with Crippen molar-refractivity contribution in [3.8, 4) is 0 Å². The molecule has 0 aliphatic carbocycles. The summed E-state index contributed by atoms with van der Waals surface area (Å²) in [7, 11) is -2.81. The van der Waals surface area contributed by atoms with Gasteiger partial charge in [-0.15, -0.1) is 0 Å². The number of halogens is 5. The zero-order chi connectivity index (χ0) is 28.5. The molecule has 0 bridgehead atoms. The summed E-state index contributed by atoms with van der Waals surface area (Å²) in [5.41, 5.74) is 0.126. The van der Waals surface area contributed by atoms with E-state index in [2.05, 4.69) is 0 Å². The summed E-state index contributed by atoms with van der Waals surface area (Å²) in [6, 6.07) is 11.9. The molecule has 0 amide bonds. The Hall–Kier alpha value is -3.57. The van der Waals surface area contributed by atoms with Crippen molar-refractivity contribution in [2.75, 3.05) is 22.8 Å². The number of likely N-dealkylation sites (N-methyl/N-ethyl adjacent to an activating group) is 1. The maximum absolute atomic E-state index is 14.2. The van der Waals surface area contributed by atoms with E-state index in [1.165, 1.54) is 36.4 Å². The van der Waals surface area contributed by atoms with Crippen LogP contribution < -0.4 is 9.21 Å². The van der Waals surface area contributed by atoms with Gasteiger partial charge >= 0.3 is 12.1 Å². The second-order valence-electron chi connectivity index (χ2n) is 8.98. The molecule has 0 aromatic heterocycles. The number of alkyl halides is 3. The van der Waals surface area contributed by atoms with E-state index in [9.17, 15) is 30.8 Å². The summed E-state index contributed by atoms with van der Waals surface area (Å²) in [5, 5.41) is 9.34. The van der Waals surface area contributed by atoms with Gasteiger partial charge in [0.1, 0.15) is 5.82 Å². The van der Waals surface area contributed by atoms with Crippen LogP contribution in [0.3, 0.4) is 0 Å². The number of nitrogens with zero attached hydrogens (tertiary/aromatic N) is 2. The van der Waals surface area contributed by atoms with Crippen LogP contribution in [0.25, 0.3) is 12.2 Å². The van der Waals surface area contributed by atoms with E-state index in [1.54, 1.807) is 24.1 Å². The first-order valence-corrected chi connectivity index (χ1v) is 13.5. The van der Waals surface area contributed by atoms with Crippen LogP contribution in [0.4, 0.5) is 28.9 Å². The quantitative estimate of drug-likeness (QED) is 0.253. The molecule has 6 nitrogen and oxygen atoms in total. The van der Waals surface area contributed by atoms with Crippen LogP contribution in [0.2, 0.25) is 5.02 Å². The van der Waals surface area contributed by atoms with Gasteiger partial charge in [-0.25, -0.2) is 12.8 Å². The molecule has 0 radical (unpaired) electrons. The summed E-state index contributed by atoms with van der Waals surface area (Å²) < 4.78 is 82.7. The van der Waals surface area contributed by atoms with E-state index in [0.717, 1.165) is 22.5 Å². The van der Waals surface area contributed by atoms with Gasteiger partial charge in [-0.3, -0.25) is 9.10 Å². The summed E-state index contributed by atoms with van der Waals surface area (Å²) in [4.78, 5) is 12.4. The molecule has 0 unspecified atom stereocenters. The Labute approximate surface area is 227 Å². The highest BCUT2D eigenvalue weighted by Crippen LogP contribution is 2.41. The SMILES string of the molecule is CN1c2ccc(/C=C/c3c(F)cccc3Cl)cc2N(S(=O)(=O)c2cccc(C(F)(F)F)c2)C[C@@H]1CCC(=O)O. The number of rotatable bonds is 7. The predicted molar refractivity (Wildman–Crippen MR) is 142 cm³/mol. The van der Waals surface area contributed by atoms with Gasteiger partial charge in [-0.05, 0) is 60.5 Å². The van der Waals surface area contributed by atoms with Gasteiger partial charge < -0.3 is 10.0 Å². The molecule has 4 rings (SSSR count). The Kier molecular flexibility index (Phi) is 7.94. The number of carbonyl (C=O) groups is 1. The molecule has 1 aliphatic heterocycles. The molecule has 206 valence electrons. The molecule has 1 heterocycles. The molecule has 1 aliphatic rings. The lowest BCUT2D eigenvalue weighted by atomic mass is 10.0. The minimum atomic E-state index is -4.75. The third-order valence-electron chi connectivity index (χ3n) is 6.46. The van der Waals surface area contributed by atoms with E-state index in [4.69, 9.17) is 16.7 Å². The van der Waals surface area contributed by atoms with Crippen LogP contribution in [0.15, 0.2) is 65.6 Å². The average Bonchev–Trinajstić information content (AvgIpc) is 2.87. The molecule has 0 saturated heterocycles. The Morgan fingerprint density at radius 3 is 2.46 bits per heavy atom. The van der Waals surface area contributed by atoms with Crippen molar-refractivity contribution < 1.29 is 35.9 Å². The number of hydrogen-bond acceptors (Lipinski definition) is 4. The normalized spacial score (nSPS) is 16.0. The number of hydrogen-bond donors (Lipinski definition) is 1. The fourth-order valence-electron chi connectivity index (χ4n) is 4.36. The first-order chi connectivity index (χ1) is 18.3. The second-order valence-corrected chi connectivity index (χ2v) is 11.2. The Bertz CT molecular complexity index is 1520. The second kappa shape index (κ2) is 10.9. The molecule has 0 saturated carbocycles. The first-order valence-electron chi connectivity index (χ1n) is 11.7. The zero-order valence-electron chi connectivity index (χ0n) is 20.5. The van der Waals surface area contributed by atoms with Crippen molar-refractivity contribution in [3.63, 3.8) is 0 Å². The van der Waals surface area contributed by atoms with Crippen LogP contribution in [0, 0.1) is 5.82 Å². The standard InChI is InChI=1S/C27H23ClF4N2O4S/c1-33-19(10-13-26(35)36)16-34(39(37,38)20-5-2-4-18(15-20)27(30,31)32)25-14-17(9-12-24(25)33)8-11-21-22(28)6-3-7-23(21)29/h2-9,11-12,14-15,19H,10,13,16H2,1H3,(H,35,36)/b11-8+/t19-/m0/s1. The third-order valence-corrected chi connectivity index (χ3v) is 8.56. The van der Waals surface area contributed by atoms with E-state index in [-0.39, 0.29) is 35.7 Å². The van der Waals surface area contributed by atoms with Gasteiger partial charge in [0.2, 0.25) is 0 Å². The Morgan fingerprint density at radius 1 is 1.08 bits per heavy atom. The van der Waals surface area contributed by atoms with Crippen LogP contribution >= 0.6 is 11.6 Å². The first kappa shape index (κ1) is 28.4. The molecule has 0 fully saturated rings. The molecule has 39 heavy (non-hydrogen) atoms. The zero-order valence-corrected chi connectivity index (χ0v) is 22.1. The van der Waals surface area contributed by atoms with Crippen LogP contribution in [0.5, 0.6) is 0 Å². The number of carboxylic acids is 1. The smallest absolute Gasteiger partial charge is 0.416 e. The molecule has 0 spiro atoms. The number of fused-ring (bicyclic) bond motifs is 1. The number of carboxylic acid groups (broad SMARTS) is 1. The lowest BCUT2D eigenvalue weighted by Crippen LogP contribution is -2.49. The monoisotopic (exact) mass is 582 g/mol. The predicted octanol–water partition coefficient (Wildman–Crippen LogP) is 6.55. The van der Waals surface area contributed by atoms with Crippen LogP contribution in [-0.4, -0.2) is 39.1 Å². The minimum Gasteiger partial charge on any atom is -0.481 e. The van der Waals surface area contributed by atoms with Gasteiger partial charge in [0, 0.05) is 25.1 Å². The number of anilines is 2. The van der Waals surface area contributed by atoms with Gasteiger partial charge in [0.25, 0.3) is 10.0 Å². The highest BCUT2D eigenvalue weighted by molar-refractivity contribution is 7.92. The summed E-state index contributed by atoms with van der Waals surface area (Å²) in [6.07, 6.45) is -1.90. The lowest BCUT2D eigenvalue weighted by molar-refractivity contribution is -0.138. The molecule has 1 N–H and O–H groups in total. The average molecular weight is 583 g/mol. The van der Waals surface area contributed by atoms with E-state index in [0.29, 0.717) is 17.3 Å². The third kappa shape index (κ3) is 6.04. The maximum Gasteiger partial charge on any atom is 0.416 e. The van der Waals surface area contributed by atoms with Crippen molar-refractivity contribution in [2.24, 2.45) is 0 Å². The summed E-state index contributed by atoms with van der Waals surface area (Å²) in [6.45, 7) is -0.193. The van der Waals surface area contributed by atoms with Crippen molar-refractivity contribution in [1.29, 1.82) is 0 Å². The minimum absolute atomic E-state index is 0.104. The van der Waals surface area contributed by atoms with Crippen molar-refractivity contribution >= 4 is 51.1 Å². The fourth-order valence-corrected chi connectivity index (χ4v) is 6.14. The summed E-state index contributed by atoms with van der Waals surface area (Å²) in [5.74, 6) is -1.61. The highest BCUT2D eigenvalue weighted by atomic mass is 35.5. The van der Waals surface area contributed by atoms with Gasteiger partial charge in [0.15, 0.2) is 0 Å². The van der Waals surface area contributed by atoms with Crippen LogP contribution in [0.1, 0.15) is 29.5 Å². The van der Waals surface area contributed by atoms with Crippen molar-refractivity contribution in [3.05, 3.63) is 88.2 Å². The lowest BCUT2D eigenvalue weighted by Gasteiger charge is -2.42. The highest BCUT2D eigenvalue weighted by Gasteiger charge is 2.38. The van der Waals surface area contributed by atoms with E-state index < -0.39 is 44.5 Å². The van der Waals surface area contributed by atoms with Gasteiger partial charge in [0.05, 0.1) is 33.4 Å². The molecule has 3 aromatic rings. The Morgan fingerprint density at radius 2 is 1.79 bits per heavy atom. The van der Waals surface area contributed by atoms with Crippen molar-refractivity contribution in [1.82, 2.24) is 0 Å². The van der Waals surface area contributed by atoms with E-state index in [1.807, 2.05) is 0 Å². The molecule has 3 aromatic carbocycles. The van der Waals surface area contributed by atoms with E-state index >= 15 is 0 Å². The van der Waals surface area contributed by atoms with Crippen LogP contribution in [-0.2, 0) is 21.0 Å². The maximum atomic E-state index is 14.2. The number of benzene rings is 3. The molecule has 1 atom stereocenters. The fraction of sp³-hybridized carbons (Fsp3) is 0.222. The largest absolute Gasteiger partial charge is 0.481 e. The van der Waals surface area contributed by atoms with Gasteiger partial charge in [-0.2, -0.15) is 13.2 Å². The Balaban J connectivity index is 1.81. The number of sulfonamides is 1. The summed E-state index contributed by atoms with van der Waals surface area (Å²) >= 11 is 6.09. The molecular formula is C27H23ClF4N2O4S. The molecule has 12 heteroatoms. The topological polar surface area (TPSA) is 77.9 Å². The van der Waals surface area contributed by atoms with Gasteiger partial charge in [-0.1, -0.05) is 35.9 Å². The number of aliphatic carboxylic acids is 1.